The lowest BCUT2D eigenvalue weighted by molar-refractivity contribution is -0.318. The molecule has 0 unspecified atom stereocenters. The number of rotatable bonds is 6. The van der Waals surface area contributed by atoms with Crippen LogP contribution in [0.4, 0.5) is 0 Å². The molecule has 15 nitrogen and oxygen atoms in total. The van der Waals surface area contributed by atoms with E-state index in [2.05, 4.69) is 0 Å². The number of hydrogen-bond donors (Lipinski definition) is 9. The van der Waals surface area contributed by atoms with Crippen LogP contribution < -0.4 is 10.2 Å². The van der Waals surface area contributed by atoms with Gasteiger partial charge in [0, 0.05) is 17.7 Å². The van der Waals surface area contributed by atoms with Gasteiger partial charge < -0.3 is 69.3 Å². The molecule has 10 atom stereocenters. The fraction of sp³-hybridized carbons (Fsp3) is 0.444. The van der Waals surface area contributed by atoms with Crippen LogP contribution in [0, 0.1) is 0 Å². The van der Waals surface area contributed by atoms with Crippen molar-refractivity contribution < 1.29 is 69.3 Å². The normalized spacial score (nSPS) is 33.5. The highest BCUT2D eigenvalue weighted by molar-refractivity contribution is 5.88. The fourth-order valence-corrected chi connectivity index (χ4v) is 4.79. The lowest BCUT2D eigenvalue weighted by atomic mass is 9.98. The van der Waals surface area contributed by atoms with Crippen LogP contribution >= 0.6 is 0 Å². The maximum atomic E-state index is 13.5. The number of phenolic OH excluding ortho intramolecular Hbond substituents is 3. The first-order chi connectivity index (χ1) is 19.9. The summed E-state index contributed by atoms with van der Waals surface area (Å²) in [7, 11) is 0. The van der Waals surface area contributed by atoms with Crippen molar-refractivity contribution >= 4 is 11.0 Å². The van der Waals surface area contributed by atoms with E-state index in [4.69, 9.17) is 23.4 Å². The number of ether oxygens (including phenoxy) is 4. The molecule has 2 aliphatic heterocycles. The predicted molar refractivity (Wildman–Crippen MR) is 139 cm³/mol. The summed E-state index contributed by atoms with van der Waals surface area (Å²) >= 11 is 0. The molecule has 0 radical (unpaired) electrons. The number of fused-ring (bicyclic) bond motifs is 1. The molecule has 0 amide bonds. The van der Waals surface area contributed by atoms with Gasteiger partial charge in [-0.3, -0.25) is 4.79 Å². The summed E-state index contributed by atoms with van der Waals surface area (Å²) in [6, 6.07) is 7.33. The molecule has 2 fully saturated rings. The van der Waals surface area contributed by atoms with Gasteiger partial charge in [0.05, 0.1) is 12.7 Å². The van der Waals surface area contributed by atoms with Crippen LogP contribution in [-0.4, -0.2) is 114 Å². The predicted octanol–water partition coefficient (Wildman–Crippen LogP) is -1.39. The van der Waals surface area contributed by atoms with E-state index >= 15 is 0 Å². The Kier molecular flexibility index (Phi) is 8.30. The van der Waals surface area contributed by atoms with Gasteiger partial charge in [0.25, 0.3) is 0 Å². The lowest BCUT2D eigenvalue weighted by Crippen LogP contribution is -2.61. The minimum Gasteiger partial charge on any atom is -0.508 e. The van der Waals surface area contributed by atoms with Crippen molar-refractivity contribution in [2.45, 2.75) is 68.3 Å². The second kappa shape index (κ2) is 11.6. The number of benzene rings is 2. The standard InChI is InChI=1S/C27H30O15/c1-9-17(31)20(34)22(36)26(39-9)38-8-15-18(32)21(35)23(37)27(41-15)42-25-19(33)16-13(30)6-12(29)7-14(16)40-24(25)10-2-4-11(28)5-3-10/h2-7,9,15,17-18,20-23,26-32,34-37H,8H2,1H3/t9-,15-,17-,18-,20+,21+,22+,23-,26+,27+/m0/s1. The van der Waals surface area contributed by atoms with Crippen molar-refractivity contribution in [2.75, 3.05) is 6.61 Å². The summed E-state index contributed by atoms with van der Waals surface area (Å²) in [5.74, 6) is -1.97. The van der Waals surface area contributed by atoms with Crippen LogP contribution in [0.2, 0.25) is 0 Å². The molecule has 42 heavy (non-hydrogen) atoms. The van der Waals surface area contributed by atoms with Crippen molar-refractivity contribution in [3.05, 3.63) is 46.6 Å². The summed E-state index contributed by atoms with van der Waals surface area (Å²) in [5, 5.41) is 91.4. The van der Waals surface area contributed by atoms with Gasteiger partial charge in [0.2, 0.25) is 17.5 Å². The lowest BCUT2D eigenvalue weighted by Gasteiger charge is -2.42. The first-order valence-electron chi connectivity index (χ1n) is 12.9. The van der Waals surface area contributed by atoms with Crippen LogP contribution in [0.15, 0.2) is 45.6 Å². The Balaban J connectivity index is 1.46. The molecule has 228 valence electrons. The molecule has 0 saturated carbocycles. The number of aliphatic hydroxyl groups excluding tert-OH is 6. The quantitative estimate of drug-likeness (QED) is 0.159. The second-order valence-corrected chi connectivity index (χ2v) is 10.1. The zero-order valence-electron chi connectivity index (χ0n) is 21.9. The zero-order chi connectivity index (χ0) is 30.5. The van der Waals surface area contributed by atoms with E-state index in [1.54, 1.807) is 0 Å². The fourth-order valence-electron chi connectivity index (χ4n) is 4.79. The molecule has 1 aromatic heterocycles. The van der Waals surface area contributed by atoms with Crippen LogP contribution in [-0.2, 0) is 14.2 Å². The highest BCUT2D eigenvalue weighted by atomic mass is 16.7. The second-order valence-electron chi connectivity index (χ2n) is 10.1. The highest BCUT2D eigenvalue weighted by Gasteiger charge is 2.47. The van der Waals surface area contributed by atoms with Crippen molar-refractivity contribution in [1.82, 2.24) is 0 Å². The van der Waals surface area contributed by atoms with Crippen LogP contribution in [0.1, 0.15) is 6.92 Å². The molecule has 0 spiro atoms. The minimum absolute atomic E-state index is 0.103. The van der Waals surface area contributed by atoms with Crippen LogP contribution in [0.3, 0.4) is 0 Å². The smallest absolute Gasteiger partial charge is 0.239 e. The van der Waals surface area contributed by atoms with E-state index in [0.29, 0.717) is 0 Å². The van der Waals surface area contributed by atoms with Crippen molar-refractivity contribution in [3.8, 4) is 34.3 Å². The third-order valence-corrected chi connectivity index (χ3v) is 7.18. The van der Waals surface area contributed by atoms with Crippen LogP contribution in [0.25, 0.3) is 22.3 Å². The molecule has 0 bridgehead atoms. The Hall–Kier alpha value is -3.51. The molecule has 0 aliphatic carbocycles. The summed E-state index contributed by atoms with van der Waals surface area (Å²) < 4.78 is 28.0. The summed E-state index contributed by atoms with van der Waals surface area (Å²) in [4.78, 5) is 13.5. The topological polar surface area (TPSA) is 249 Å². The third-order valence-electron chi connectivity index (χ3n) is 7.18. The van der Waals surface area contributed by atoms with E-state index in [0.717, 1.165) is 12.1 Å². The Bertz CT molecular complexity index is 1470. The Labute approximate surface area is 236 Å². The Morgan fingerprint density at radius 1 is 0.762 bits per heavy atom. The van der Waals surface area contributed by atoms with E-state index in [-0.39, 0.29) is 28.0 Å². The van der Waals surface area contributed by atoms with E-state index < -0.39 is 90.7 Å². The Morgan fingerprint density at radius 3 is 2.10 bits per heavy atom. The number of aliphatic hydroxyl groups is 6. The first kappa shape index (κ1) is 30.0. The molecule has 2 aliphatic rings. The van der Waals surface area contributed by atoms with Gasteiger partial charge in [-0.2, -0.15) is 0 Å². The molecule has 3 aromatic rings. The zero-order valence-corrected chi connectivity index (χ0v) is 21.9. The summed E-state index contributed by atoms with van der Waals surface area (Å²) in [6.45, 7) is 0.866. The van der Waals surface area contributed by atoms with Gasteiger partial charge in [-0.25, -0.2) is 0 Å². The van der Waals surface area contributed by atoms with E-state index in [1.165, 1.54) is 31.2 Å². The summed E-state index contributed by atoms with van der Waals surface area (Å²) in [6.07, 6.45) is -15.8. The number of hydrogen-bond acceptors (Lipinski definition) is 15. The average Bonchev–Trinajstić information content (AvgIpc) is 2.95. The number of phenols is 3. The van der Waals surface area contributed by atoms with Crippen molar-refractivity contribution in [2.24, 2.45) is 0 Å². The average molecular weight is 595 g/mol. The van der Waals surface area contributed by atoms with Gasteiger partial charge in [-0.15, -0.1) is 0 Å². The molecule has 15 heteroatoms. The largest absolute Gasteiger partial charge is 0.508 e. The summed E-state index contributed by atoms with van der Waals surface area (Å²) in [5.41, 5.74) is -0.956. The van der Waals surface area contributed by atoms with Gasteiger partial charge >= 0.3 is 0 Å². The van der Waals surface area contributed by atoms with Gasteiger partial charge in [-0.1, -0.05) is 0 Å². The monoisotopic (exact) mass is 594 g/mol. The first-order valence-corrected chi connectivity index (χ1v) is 12.9. The molecular formula is C27H30O15. The SMILES string of the molecule is C[C@@H]1O[C@@H](OC[C@@H]2O[C@H](Oc3c(-c4ccc(O)cc4)oc4cc(O)cc(O)c4c3=O)[C@@H](O)[C@H](O)[C@H]2O)[C@H](O)[C@H](O)[C@H]1O. The minimum atomic E-state index is -1.92. The molecule has 2 aromatic carbocycles. The number of aromatic hydroxyl groups is 3. The van der Waals surface area contributed by atoms with Gasteiger partial charge in [0.1, 0.15) is 70.9 Å². The van der Waals surface area contributed by atoms with E-state index in [9.17, 15) is 50.8 Å². The molecule has 5 rings (SSSR count). The van der Waals surface area contributed by atoms with Gasteiger partial charge in [-0.05, 0) is 31.2 Å². The van der Waals surface area contributed by atoms with Gasteiger partial charge in [0.15, 0.2) is 12.1 Å². The maximum Gasteiger partial charge on any atom is 0.239 e. The van der Waals surface area contributed by atoms with Crippen molar-refractivity contribution in [1.29, 1.82) is 0 Å². The molecule has 2 saturated heterocycles. The van der Waals surface area contributed by atoms with Crippen LogP contribution in [0.5, 0.6) is 23.0 Å². The third kappa shape index (κ3) is 5.49. The molecule has 9 N–H and O–H groups in total. The molecular weight excluding hydrogens is 564 g/mol. The Morgan fingerprint density at radius 2 is 1.40 bits per heavy atom. The molecule has 3 heterocycles. The maximum absolute atomic E-state index is 13.5. The highest BCUT2D eigenvalue weighted by Crippen LogP contribution is 2.37. The van der Waals surface area contributed by atoms with E-state index in [1.807, 2.05) is 0 Å². The van der Waals surface area contributed by atoms with Crippen molar-refractivity contribution in [3.63, 3.8) is 0 Å².